The second-order valence-electron chi connectivity index (χ2n) is 18.4. The molecule has 0 saturated carbocycles. The number of rotatable bonds is 23. The van der Waals surface area contributed by atoms with Gasteiger partial charge in [0.25, 0.3) is 0 Å². The van der Waals surface area contributed by atoms with E-state index < -0.39 is 102 Å². The molecule has 1 aromatic rings. The van der Waals surface area contributed by atoms with Gasteiger partial charge in [-0.2, -0.15) is 0 Å². The van der Waals surface area contributed by atoms with E-state index in [4.69, 9.17) is 25.7 Å². The van der Waals surface area contributed by atoms with Gasteiger partial charge in [-0.05, 0) is 70.8 Å². The predicted molar refractivity (Wildman–Crippen MR) is 242 cm³/mol. The molecule has 6 atom stereocenters. The van der Waals surface area contributed by atoms with Gasteiger partial charge in [0.1, 0.15) is 47.7 Å². The summed E-state index contributed by atoms with van der Waals surface area (Å²) in [5.74, 6) is -6.54. The van der Waals surface area contributed by atoms with Crippen molar-refractivity contribution in [3.05, 3.63) is 41.0 Å². The number of aliphatic hydroxyl groups is 1. The number of ether oxygens (including phenoxy) is 3. The molecule has 370 valence electrons. The zero-order valence-corrected chi connectivity index (χ0v) is 39.3. The van der Waals surface area contributed by atoms with Gasteiger partial charge in [-0.15, -0.1) is 0 Å². The van der Waals surface area contributed by atoms with E-state index in [0.29, 0.717) is 38.2 Å². The number of nitrogens with zero attached hydrogens (tertiary/aromatic N) is 1. The van der Waals surface area contributed by atoms with Crippen molar-refractivity contribution in [3.8, 4) is 0 Å². The molecule has 1 fully saturated rings. The summed E-state index contributed by atoms with van der Waals surface area (Å²) in [5, 5.41) is 23.1. The van der Waals surface area contributed by atoms with Gasteiger partial charge in [-0.25, -0.2) is 9.59 Å². The molecule has 1 unspecified atom stereocenters. The van der Waals surface area contributed by atoms with Gasteiger partial charge in [0, 0.05) is 37.1 Å². The average Bonchev–Trinajstić information content (AvgIpc) is 3.27. The number of Topliss-reactive ketones (excluding diaryl/α,β-unsaturated/α-hetero) is 2. The molecular formula is C46H68N8O13. The van der Waals surface area contributed by atoms with Crippen molar-refractivity contribution in [1.82, 2.24) is 31.5 Å². The highest BCUT2D eigenvalue weighted by atomic mass is 16.6. The van der Waals surface area contributed by atoms with Crippen molar-refractivity contribution in [2.45, 2.75) is 135 Å². The number of unbranched alkanes of at least 4 members (excludes halogenated alkanes) is 1. The molecule has 3 aliphatic rings. The molecule has 21 heteroatoms. The van der Waals surface area contributed by atoms with E-state index >= 15 is 0 Å². The van der Waals surface area contributed by atoms with Crippen LogP contribution in [-0.2, 0) is 47.8 Å². The fraction of sp³-hybridized carbons (Fsp3) is 0.630. The fourth-order valence-electron chi connectivity index (χ4n) is 7.87. The van der Waals surface area contributed by atoms with Crippen molar-refractivity contribution in [2.24, 2.45) is 23.3 Å². The Morgan fingerprint density at radius 3 is 1.88 bits per heavy atom. The zero-order chi connectivity index (χ0) is 49.6. The minimum Gasteiger partial charge on any atom is -0.483 e. The molecule has 4 rings (SSSR count). The number of primary amides is 1. The van der Waals surface area contributed by atoms with E-state index in [0.717, 1.165) is 0 Å². The predicted octanol–water partition coefficient (Wildman–Crippen LogP) is 0.102. The van der Waals surface area contributed by atoms with Crippen LogP contribution < -0.4 is 38.1 Å². The van der Waals surface area contributed by atoms with Gasteiger partial charge in [-0.3, -0.25) is 33.6 Å². The Morgan fingerprint density at radius 2 is 1.30 bits per heavy atom. The normalized spacial score (nSPS) is 18.8. The number of aliphatic hydroxyl groups excluding tert-OH is 1. The number of carbonyl (C=O) groups excluding carboxylic acids is 9. The van der Waals surface area contributed by atoms with Crippen molar-refractivity contribution in [3.63, 3.8) is 0 Å². The Kier molecular flexibility index (Phi) is 19.8. The van der Waals surface area contributed by atoms with Crippen molar-refractivity contribution in [2.75, 3.05) is 39.5 Å². The number of ketones is 2. The summed E-state index contributed by atoms with van der Waals surface area (Å²) in [4.78, 5) is 122. The lowest BCUT2D eigenvalue weighted by Gasteiger charge is -2.41. The highest BCUT2D eigenvalue weighted by Gasteiger charge is 2.47. The first-order chi connectivity index (χ1) is 31.7. The third-order valence-corrected chi connectivity index (χ3v) is 11.6. The lowest BCUT2D eigenvalue weighted by atomic mass is 9.81. The van der Waals surface area contributed by atoms with Gasteiger partial charge in [0.2, 0.25) is 41.1 Å². The van der Waals surface area contributed by atoms with Crippen LogP contribution in [0.25, 0.3) is 5.76 Å². The van der Waals surface area contributed by atoms with Crippen LogP contribution >= 0.6 is 0 Å². The van der Waals surface area contributed by atoms with Crippen LogP contribution in [0.3, 0.4) is 0 Å². The molecule has 1 saturated heterocycles. The quantitative estimate of drug-likeness (QED) is 0.0410. The summed E-state index contributed by atoms with van der Waals surface area (Å²) >= 11 is 0. The molecule has 67 heavy (non-hydrogen) atoms. The number of amides is 7. The van der Waals surface area contributed by atoms with Gasteiger partial charge in [0.15, 0.2) is 0 Å². The number of hydrogen-bond acceptors (Lipinski definition) is 14. The van der Waals surface area contributed by atoms with E-state index in [9.17, 15) is 48.3 Å². The number of nitrogens with two attached hydrogens (primary N) is 2. The minimum absolute atomic E-state index is 0.0640. The number of urea groups is 1. The van der Waals surface area contributed by atoms with Crippen LogP contribution in [0.15, 0.2) is 29.8 Å². The second-order valence-corrected chi connectivity index (χ2v) is 18.4. The third kappa shape index (κ3) is 15.0. The van der Waals surface area contributed by atoms with Crippen LogP contribution in [0.5, 0.6) is 0 Å². The smallest absolute Gasteiger partial charge is 0.329 e. The molecule has 1 aromatic carbocycles. The molecule has 1 aliphatic carbocycles. The zero-order valence-electron chi connectivity index (χ0n) is 39.3. The summed E-state index contributed by atoms with van der Waals surface area (Å²) in [7, 11) is 0. The van der Waals surface area contributed by atoms with Crippen LogP contribution in [0.1, 0.15) is 109 Å². The summed E-state index contributed by atoms with van der Waals surface area (Å²) in [6.07, 6.45) is -0.712. The summed E-state index contributed by atoms with van der Waals surface area (Å²) < 4.78 is 17.5. The third-order valence-electron chi connectivity index (χ3n) is 11.6. The van der Waals surface area contributed by atoms with Crippen LogP contribution in [0.2, 0.25) is 0 Å². The van der Waals surface area contributed by atoms with E-state index in [-0.39, 0.29) is 80.3 Å². The number of carbonyl (C=O) groups is 9. The molecule has 10 N–H and O–H groups in total. The molecule has 2 aliphatic heterocycles. The average molecular weight is 941 g/mol. The Hall–Kier alpha value is -5.93. The lowest BCUT2D eigenvalue weighted by Crippen LogP contribution is -2.60. The fourth-order valence-corrected chi connectivity index (χ4v) is 7.87. The molecule has 0 aromatic heterocycles. The van der Waals surface area contributed by atoms with Crippen molar-refractivity contribution in [1.29, 1.82) is 0 Å². The highest BCUT2D eigenvalue weighted by molar-refractivity contribution is 6.52. The van der Waals surface area contributed by atoms with E-state index in [1.165, 1.54) is 11.0 Å². The van der Waals surface area contributed by atoms with Gasteiger partial charge < -0.3 is 62.3 Å². The lowest BCUT2D eigenvalue weighted by molar-refractivity contribution is -0.167. The number of nitrogens with one attached hydrogen (secondary N) is 5. The van der Waals surface area contributed by atoms with Crippen molar-refractivity contribution < 1.29 is 62.5 Å². The monoisotopic (exact) mass is 940 g/mol. The Morgan fingerprint density at radius 1 is 0.761 bits per heavy atom. The second kappa shape index (κ2) is 24.7. The van der Waals surface area contributed by atoms with Crippen LogP contribution in [-0.4, -0.2) is 144 Å². The molecular weight excluding hydrogens is 873 g/mol. The molecule has 7 amide bonds. The first-order valence-electron chi connectivity index (χ1n) is 22.9. The maximum atomic E-state index is 14.1. The number of fused-ring (bicyclic) bond motifs is 2. The Labute approximate surface area is 390 Å². The Bertz CT molecular complexity index is 2030. The molecule has 2 heterocycles. The highest BCUT2D eigenvalue weighted by Crippen LogP contribution is 2.42. The number of esters is 1. The molecule has 21 nitrogen and oxygen atoms in total. The summed E-state index contributed by atoms with van der Waals surface area (Å²) in [5.41, 5.74) is 10.7. The van der Waals surface area contributed by atoms with E-state index in [1.54, 1.807) is 45.9 Å². The molecule has 0 bridgehead atoms. The standard InChI is InChI=1S/C46H68N8O13/c1-25(2)21-32(51-40(59)30(13-9-10-16-47)49-43(62)34(24-55)53-45(64)54-17-19-65-20-18-54)42(61)50-31(14-15-36(48)56)41(60)52-33(22-26(3)4)44(63)66-35-23-29-38(58)37(57)27-11-7-8-12-28(27)39(29)67-46(35,5)6/h7-8,11-12,25-26,30-35,55H,9-10,13-24,47H2,1-6H3,(H2,48,56)(H,49,62)(H,50,61)(H,51,59)(H,52,60)(H,53,64)/t30-,31-,32-,33-,34-,35?/m0/s1. The number of morpholine rings is 1. The minimum atomic E-state index is -1.44. The van der Waals surface area contributed by atoms with Crippen LogP contribution in [0, 0.1) is 11.8 Å². The number of hydrogen-bond donors (Lipinski definition) is 8. The largest absolute Gasteiger partial charge is 0.483 e. The van der Waals surface area contributed by atoms with Gasteiger partial charge in [-0.1, -0.05) is 52.0 Å². The topological polar surface area (TPSA) is 317 Å². The maximum Gasteiger partial charge on any atom is 0.329 e. The first-order valence-corrected chi connectivity index (χ1v) is 22.9. The van der Waals surface area contributed by atoms with E-state index in [1.807, 2.05) is 13.8 Å². The molecule has 0 spiro atoms. The first kappa shape index (κ1) is 53.7. The Balaban J connectivity index is 1.51. The summed E-state index contributed by atoms with van der Waals surface area (Å²) in [6.45, 7) is 11.3. The maximum absolute atomic E-state index is 14.1. The van der Waals surface area contributed by atoms with Gasteiger partial charge >= 0.3 is 12.0 Å². The van der Waals surface area contributed by atoms with Crippen molar-refractivity contribution >= 4 is 58.9 Å². The summed E-state index contributed by atoms with van der Waals surface area (Å²) in [6, 6.07) is -0.676. The van der Waals surface area contributed by atoms with Gasteiger partial charge in [0.05, 0.1) is 25.4 Å². The SMILES string of the molecule is CC(C)C[C@H](NC(=O)[C@H](CCCCN)NC(=O)[C@H](CO)NC(=O)N1CCOCC1)C(=O)N[C@@H](CCC(N)=O)C(=O)N[C@@H](CC(C)C)C(=O)OC1CC2=C(OC1(C)C)c1ccccc1C(=O)C2=O. The van der Waals surface area contributed by atoms with E-state index in [2.05, 4.69) is 26.6 Å². The molecule has 0 radical (unpaired) electrons. The van der Waals surface area contributed by atoms with Crippen LogP contribution in [0.4, 0.5) is 4.79 Å². The number of benzene rings is 1.